The molecule has 1 unspecified atom stereocenters. The summed E-state index contributed by atoms with van der Waals surface area (Å²) < 4.78 is 33.5. The molecular formula is C14H23BrN2O3S. The molecule has 21 heavy (non-hydrogen) atoms. The molecule has 0 aromatic heterocycles. The summed E-state index contributed by atoms with van der Waals surface area (Å²) in [6.07, 6.45) is 1.62. The van der Waals surface area contributed by atoms with Crippen LogP contribution in [0.3, 0.4) is 0 Å². The quantitative estimate of drug-likeness (QED) is 0.691. The predicted octanol–water partition coefficient (Wildman–Crippen LogP) is 2.26. The summed E-state index contributed by atoms with van der Waals surface area (Å²) in [6.45, 7) is 2.99. The third kappa shape index (κ3) is 5.67. The lowest BCUT2D eigenvalue weighted by atomic mass is 10.2. The Bertz CT molecular complexity index is 543. The molecule has 7 heteroatoms. The van der Waals surface area contributed by atoms with E-state index in [2.05, 4.69) is 26.0 Å². The zero-order valence-corrected chi connectivity index (χ0v) is 15.1. The van der Waals surface area contributed by atoms with E-state index in [0.717, 1.165) is 18.4 Å². The van der Waals surface area contributed by atoms with Gasteiger partial charge in [0.1, 0.15) is 0 Å². The molecule has 0 saturated heterocycles. The molecule has 1 rings (SSSR count). The fourth-order valence-corrected chi connectivity index (χ4v) is 4.35. The first-order valence-corrected chi connectivity index (χ1v) is 9.16. The standard InChI is InChI=1S/C14H23BrN2O3S/c1-4-5-12(10-20-3)17-21(18,19)14-8-11(9-16-2)6-7-13(14)15/h6-8,12,16-17H,4-5,9-10H2,1-3H3. The van der Waals surface area contributed by atoms with E-state index in [9.17, 15) is 8.42 Å². The van der Waals surface area contributed by atoms with Gasteiger partial charge in [-0.05, 0) is 47.1 Å². The Labute approximate surface area is 135 Å². The van der Waals surface area contributed by atoms with Crippen molar-refractivity contribution in [1.29, 1.82) is 0 Å². The molecular weight excluding hydrogens is 356 g/mol. The minimum atomic E-state index is -3.58. The number of ether oxygens (including phenoxy) is 1. The largest absolute Gasteiger partial charge is 0.383 e. The Hall–Kier alpha value is -0.470. The van der Waals surface area contributed by atoms with Gasteiger partial charge in [-0.2, -0.15) is 0 Å². The maximum Gasteiger partial charge on any atom is 0.242 e. The molecule has 2 N–H and O–H groups in total. The molecule has 0 radical (unpaired) electrons. The van der Waals surface area contributed by atoms with Gasteiger partial charge >= 0.3 is 0 Å². The fourth-order valence-electron chi connectivity index (χ4n) is 2.08. The molecule has 0 aliphatic carbocycles. The molecule has 0 aliphatic heterocycles. The molecule has 5 nitrogen and oxygen atoms in total. The van der Waals surface area contributed by atoms with Crippen molar-refractivity contribution in [3.05, 3.63) is 28.2 Å². The average molecular weight is 379 g/mol. The highest BCUT2D eigenvalue weighted by molar-refractivity contribution is 9.10. The maximum atomic E-state index is 12.6. The summed E-state index contributed by atoms with van der Waals surface area (Å²) in [6, 6.07) is 5.11. The highest BCUT2D eigenvalue weighted by Crippen LogP contribution is 2.23. The second kappa shape index (κ2) is 8.85. The van der Waals surface area contributed by atoms with E-state index in [-0.39, 0.29) is 10.9 Å². The normalized spacial score (nSPS) is 13.3. The molecule has 0 aliphatic rings. The van der Waals surface area contributed by atoms with Crippen LogP contribution in [0, 0.1) is 0 Å². The lowest BCUT2D eigenvalue weighted by Gasteiger charge is -2.18. The lowest BCUT2D eigenvalue weighted by molar-refractivity contribution is 0.171. The summed E-state index contributed by atoms with van der Waals surface area (Å²) in [4.78, 5) is 0.257. The third-order valence-corrected chi connectivity index (χ3v) is 5.51. The van der Waals surface area contributed by atoms with Crippen molar-refractivity contribution in [1.82, 2.24) is 10.0 Å². The van der Waals surface area contributed by atoms with Crippen LogP contribution >= 0.6 is 15.9 Å². The molecule has 0 heterocycles. The molecule has 1 aromatic rings. The highest BCUT2D eigenvalue weighted by Gasteiger charge is 2.22. The Morgan fingerprint density at radius 3 is 2.67 bits per heavy atom. The smallest absolute Gasteiger partial charge is 0.242 e. The molecule has 1 atom stereocenters. The number of benzene rings is 1. The second-order valence-electron chi connectivity index (χ2n) is 4.86. The summed E-state index contributed by atoms with van der Waals surface area (Å²) in [5, 5.41) is 3.01. The van der Waals surface area contributed by atoms with Crippen LogP contribution in [0.15, 0.2) is 27.6 Å². The van der Waals surface area contributed by atoms with Crippen LogP contribution in [0.4, 0.5) is 0 Å². The van der Waals surface area contributed by atoms with Gasteiger partial charge in [0.15, 0.2) is 0 Å². The molecule has 0 saturated carbocycles. The Balaban J connectivity index is 3.02. The van der Waals surface area contributed by atoms with Gasteiger partial charge in [-0.3, -0.25) is 0 Å². The van der Waals surface area contributed by atoms with Gasteiger partial charge in [-0.25, -0.2) is 13.1 Å². The van der Waals surface area contributed by atoms with Crippen LogP contribution < -0.4 is 10.0 Å². The number of nitrogens with one attached hydrogen (secondary N) is 2. The second-order valence-corrected chi connectivity index (χ2v) is 7.39. The molecule has 0 spiro atoms. The first kappa shape index (κ1) is 18.6. The predicted molar refractivity (Wildman–Crippen MR) is 87.8 cm³/mol. The van der Waals surface area contributed by atoms with Crippen LogP contribution in [-0.2, 0) is 21.3 Å². The Kier molecular flexibility index (Phi) is 7.83. The van der Waals surface area contributed by atoms with Crippen molar-refractivity contribution >= 4 is 26.0 Å². The van der Waals surface area contributed by atoms with E-state index in [1.54, 1.807) is 19.2 Å². The van der Waals surface area contributed by atoms with Gasteiger partial charge in [0.25, 0.3) is 0 Å². The van der Waals surface area contributed by atoms with Crippen LogP contribution in [-0.4, -0.2) is 35.2 Å². The van der Waals surface area contributed by atoms with Gasteiger partial charge in [0, 0.05) is 24.2 Å². The van der Waals surface area contributed by atoms with Crippen molar-refractivity contribution in [2.45, 2.75) is 37.2 Å². The van der Waals surface area contributed by atoms with Crippen molar-refractivity contribution < 1.29 is 13.2 Å². The van der Waals surface area contributed by atoms with Crippen molar-refractivity contribution in [2.75, 3.05) is 20.8 Å². The van der Waals surface area contributed by atoms with Crippen LogP contribution in [0.2, 0.25) is 0 Å². The van der Waals surface area contributed by atoms with Crippen LogP contribution in [0.25, 0.3) is 0 Å². The molecule has 0 fully saturated rings. The summed E-state index contributed by atoms with van der Waals surface area (Å²) in [5.41, 5.74) is 0.917. The third-order valence-electron chi connectivity index (χ3n) is 2.99. The number of sulfonamides is 1. The van der Waals surface area contributed by atoms with E-state index < -0.39 is 10.0 Å². The molecule has 1 aromatic carbocycles. The first-order chi connectivity index (χ1) is 9.94. The lowest BCUT2D eigenvalue weighted by Crippen LogP contribution is -2.38. The number of hydrogen-bond acceptors (Lipinski definition) is 4. The number of hydrogen-bond donors (Lipinski definition) is 2. The monoisotopic (exact) mass is 378 g/mol. The minimum absolute atomic E-state index is 0.218. The maximum absolute atomic E-state index is 12.6. The van der Waals surface area contributed by atoms with Crippen molar-refractivity contribution in [3.8, 4) is 0 Å². The zero-order chi connectivity index (χ0) is 15.9. The summed E-state index contributed by atoms with van der Waals surface area (Å²) in [5.74, 6) is 0. The fraction of sp³-hybridized carbons (Fsp3) is 0.571. The zero-order valence-electron chi connectivity index (χ0n) is 12.6. The van der Waals surface area contributed by atoms with Gasteiger partial charge < -0.3 is 10.1 Å². The van der Waals surface area contributed by atoms with Crippen molar-refractivity contribution in [2.24, 2.45) is 0 Å². The minimum Gasteiger partial charge on any atom is -0.383 e. The van der Waals surface area contributed by atoms with Gasteiger partial charge in [-0.1, -0.05) is 19.4 Å². The topological polar surface area (TPSA) is 67.4 Å². The van der Waals surface area contributed by atoms with E-state index in [4.69, 9.17) is 4.74 Å². The number of methoxy groups -OCH3 is 1. The van der Waals surface area contributed by atoms with E-state index in [1.807, 2.05) is 20.0 Å². The summed E-state index contributed by atoms with van der Waals surface area (Å²) >= 11 is 3.31. The Morgan fingerprint density at radius 1 is 1.38 bits per heavy atom. The van der Waals surface area contributed by atoms with Gasteiger partial charge in [0.05, 0.1) is 11.5 Å². The first-order valence-electron chi connectivity index (χ1n) is 6.88. The summed E-state index contributed by atoms with van der Waals surface area (Å²) in [7, 11) is -0.186. The number of halogens is 1. The van der Waals surface area contributed by atoms with Crippen LogP contribution in [0.5, 0.6) is 0 Å². The SMILES string of the molecule is CCCC(COC)NS(=O)(=O)c1cc(CNC)ccc1Br. The Morgan fingerprint density at radius 2 is 2.10 bits per heavy atom. The highest BCUT2D eigenvalue weighted by atomic mass is 79.9. The average Bonchev–Trinajstić information content (AvgIpc) is 2.41. The van der Waals surface area contributed by atoms with E-state index in [1.165, 1.54) is 0 Å². The van der Waals surface area contributed by atoms with Gasteiger partial charge in [-0.15, -0.1) is 0 Å². The van der Waals surface area contributed by atoms with E-state index in [0.29, 0.717) is 17.6 Å². The number of rotatable bonds is 9. The van der Waals surface area contributed by atoms with Gasteiger partial charge in [0.2, 0.25) is 10.0 Å². The van der Waals surface area contributed by atoms with E-state index >= 15 is 0 Å². The van der Waals surface area contributed by atoms with Crippen molar-refractivity contribution in [3.63, 3.8) is 0 Å². The molecule has 0 bridgehead atoms. The van der Waals surface area contributed by atoms with Crippen LogP contribution in [0.1, 0.15) is 25.3 Å². The molecule has 0 amide bonds. The molecule has 120 valence electrons.